The first-order valence-electron chi connectivity index (χ1n) is 12.0. The van der Waals surface area contributed by atoms with E-state index in [4.69, 9.17) is 9.47 Å². The van der Waals surface area contributed by atoms with Crippen LogP contribution in [0.1, 0.15) is 6.92 Å². The molecular formula is C27H26F2N6O3. The van der Waals surface area contributed by atoms with Crippen molar-refractivity contribution in [2.45, 2.75) is 6.92 Å². The number of anilines is 3. The van der Waals surface area contributed by atoms with E-state index in [0.717, 1.165) is 11.9 Å². The fourth-order valence-corrected chi connectivity index (χ4v) is 4.49. The van der Waals surface area contributed by atoms with E-state index in [1.807, 2.05) is 6.07 Å². The molecule has 1 amide bonds. The minimum absolute atomic E-state index is 0.0204. The van der Waals surface area contributed by atoms with E-state index < -0.39 is 11.6 Å². The Morgan fingerprint density at radius 2 is 1.71 bits per heavy atom. The molecule has 0 radical (unpaired) electrons. The minimum Gasteiger partial charge on any atom is -0.494 e. The first kappa shape index (κ1) is 25.1. The summed E-state index contributed by atoms with van der Waals surface area (Å²) in [5.41, 5.74) is 1.95. The lowest BCUT2D eigenvalue weighted by Crippen LogP contribution is -2.48. The van der Waals surface area contributed by atoms with Crippen LogP contribution in [0.25, 0.3) is 22.2 Å². The molecule has 1 N–H and O–H groups in total. The molecule has 0 bridgehead atoms. The van der Waals surface area contributed by atoms with Crippen molar-refractivity contribution >= 4 is 34.1 Å². The number of benzene rings is 2. The monoisotopic (exact) mass is 520 g/mol. The van der Waals surface area contributed by atoms with E-state index in [1.54, 1.807) is 50.3 Å². The number of hydrogen-bond donors (Lipinski definition) is 1. The molecule has 38 heavy (non-hydrogen) atoms. The molecule has 0 aliphatic carbocycles. The van der Waals surface area contributed by atoms with E-state index in [9.17, 15) is 13.6 Å². The fourth-order valence-electron chi connectivity index (χ4n) is 4.49. The average molecular weight is 521 g/mol. The van der Waals surface area contributed by atoms with Crippen molar-refractivity contribution in [2.24, 2.45) is 0 Å². The minimum atomic E-state index is -0.641. The summed E-state index contributed by atoms with van der Waals surface area (Å²) in [4.78, 5) is 28.2. The Balaban J connectivity index is 1.45. The smallest absolute Gasteiger partial charge is 0.228 e. The average Bonchev–Trinajstić information content (AvgIpc) is 2.93. The number of piperazine rings is 1. The molecule has 2 aromatic carbocycles. The Labute approximate surface area is 218 Å². The highest BCUT2D eigenvalue weighted by atomic mass is 19.1. The highest BCUT2D eigenvalue weighted by Gasteiger charge is 2.23. The number of pyridine rings is 1. The molecule has 2 aromatic heterocycles. The first-order chi connectivity index (χ1) is 18.4. The molecule has 3 heterocycles. The van der Waals surface area contributed by atoms with Crippen molar-refractivity contribution in [3.63, 3.8) is 0 Å². The van der Waals surface area contributed by atoms with Gasteiger partial charge < -0.3 is 24.6 Å². The van der Waals surface area contributed by atoms with Crippen molar-refractivity contribution in [2.75, 3.05) is 50.6 Å². The zero-order chi connectivity index (χ0) is 26.8. The van der Waals surface area contributed by atoms with Gasteiger partial charge in [0, 0.05) is 62.4 Å². The summed E-state index contributed by atoms with van der Waals surface area (Å²) < 4.78 is 40.0. The number of rotatable bonds is 6. The number of methoxy groups -OCH3 is 2. The van der Waals surface area contributed by atoms with Crippen molar-refractivity contribution in [3.05, 3.63) is 60.4 Å². The van der Waals surface area contributed by atoms with Gasteiger partial charge in [0.1, 0.15) is 28.5 Å². The zero-order valence-electron chi connectivity index (χ0n) is 21.2. The third kappa shape index (κ3) is 4.86. The topological polar surface area (TPSA) is 92.7 Å². The van der Waals surface area contributed by atoms with Crippen LogP contribution in [0.5, 0.6) is 11.5 Å². The number of hydrogen-bond acceptors (Lipinski definition) is 8. The number of nitrogens with zero attached hydrogens (tertiary/aromatic N) is 5. The number of halogens is 2. The maximum atomic E-state index is 14.7. The molecule has 9 nitrogen and oxygen atoms in total. The van der Waals surface area contributed by atoms with Gasteiger partial charge >= 0.3 is 0 Å². The molecule has 0 spiro atoms. The van der Waals surface area contributed by atoms with Gasteiger partial charge in [0.25, 0.3) is 0 Å². The first-order valence-corrected chi connectivity index (χ1v) is 12.0. The Morgan fingerprint density at radius 3 is 2.42 bits per heavy atom. The number of fused-ring (bicyclic) bond motifs is 1. The van der Waals surface area contributed by atoms with Crippen molar-refractivity contribution < 1.29 is 23.0 Å². The Morgan fingerprint density at radius 1 is 0.947 bits per heavy atom. The highest BCUT2D eigenvalue weighted by molar-refractivity contribution is 5.83. The Bertz CT molecular complexity index is 1510. The number of carbonyl (C=O) groups is 1. The standard InChI is InChI=1S/C27H26F2N6O3/c1-16(36)34-7-9-35(10-8-34)22-13-23(37-2)21(12-24(22)38-3)32-27-31-15-20(29)26(33-27)18-11-17-5-4-6-19(28)25(17)30-14-18/h4-6,11-15H,7-10H2,1-3H3,(H,31,32,33). The van der Waals surface area contributed by atoms with E-state index in [1.165, 1.54) is 12.3 Å². The maximum Gasteiger partial charge on any atom is 0.228 e. The molecule has 196 valence electrons. The zero-order valence-corrected chi connectivity index (χ0v) is 21.2. The van der Waals surface area contributed by atoms with E-state index >= 15 is 0 Å². The molecule has 1 aliphatic heterocycles. The Kier molecular flexibility index (Phi) is 6.91. The number of nitrogens with one attached hydrogen (secondary N) is 1. The predicted octanol–water partition coefficient (Wildman–Crippen LogP) is 4.40. The van der Waals surface area contributed by atoms with Crippen LogP contribution in [0.15, 0.2) is 48.8 Å². The number of aromatic nitrogens is 3. The van der Waals surface area contributed by atoms with Gasteiger partial charge in [0.05, 0.1) is 31.8 Å². The van der Waals surface area contributed by atoms with E-state index in [2.05, 4.69) is 25.2 Å². The molecule has 1 saturated heterocycles. The normalized spacial score (nSPS) is 13.5. The molecule has 0 saturated carbocycles. The third-order valence-electron chi connectivity index (χ3n) is 6.49. The molecule has 0 unspecified atom stereocenters. The maximum absolute atomic E-state index is 14.7. The second-order valence-corrected chi connectivity index (χ2v) is 8.77. The van der Waals surface area contributed by atoms with Crippen molar-refractivity contribution in [1.29, 1.82) is 0 Å². The lowest BCUT2D eigenvalue weighted by molar-refractivity contribution is -0.129. The van der Waals surface area contributed by atoms with Gasteiger partial charge in [-0.15, -0.1) is 0 Å². The van der Waals surface area contributed by atoms with Crippen LogP contribution in [-0.4, -0.2) is 66.2 Å². The molecule has 11 heteroatoms. The van der Waals surface area contributed by atoms with Crippen LogP contribution in [0.2, 0.25) is 0 Å². The van der Waals surface area contributed by atoms with Gasteiger partial charge in [-0.1, -0.05) is 12.1 Å². The molecule has 0 atom stereocenters. The van der Waals surface area contributed by atoms with Crippen LogP contribution in [0.3, 0.4) is 0 Å². The lowest BCUT2D eigenvalue weighted by atomic mass is 10.1. The molecule has 1 fully saturated rings. The van der Waals surface area contributed by atoms with Gasteiger partial charge in [-0.05, 0) is 12.1 Å². The fraction of sp³-hybridized carbons (Fsp3) is 0.259. The van der Waals surface area contributed by atoms with Crippen molar-refractivity contribution in [1.82, 2.24) is 19.9 Å². The SMILES string of the molecule is COc1cc(N2CCN(C(C)=O)CC2)c(OC)cc1Nc1ncc(F)c(-c2cnc3c(F)cccc3c2)n1. The summed E-state index contributed by atoms with van der Waals surface area (Å²) in [6.07, 6.45) is 2.44. The summed E-state index contributed by atoms with van der Waals surface area (Å²) >= 11 is 0. The second-order valence-electron chi connectivity index (χ2n) is 8.77. The summed E-state index contributed by atoms with van der Waals surface area (Å²) in [6, 6.07) is 9.83. The summed E-state index contributed by atoms with van der Waals surface area (Å²) in [5, 5.41) is 3.62. The summed E-state index contributed by atoms with van der Waals surface area (Å²) in [5.74, 6) is 0.185. The Hall–Kier alpha value is -4.54. The second kappa shape index (κ2) is 10.4. The quantitative estimate of drug-likeness (QED) is 0.400. The van der Waals surface area contributed by atoms with Gasteiger partial charge in [-0.25, -0.2) is 18.7 Å². The molecule has 1 aliphatic rings. The molecule has 4 aromatic rings. The van der Waals surface area contributed by atoms with Crippen molar-refractivity contribution in [3.8, 4) is 22.8 Å². The van der Waals surface area contributed by atoms with E-state index in [0.29, 0.717) is 54.3 Å². The van der Waals surface area contributed by atoms with Crippen LogP contribution < -0.4 is 19.7 Å². The molecule has 5 rings (SSSR count). The number of carbonyl (C=O) groups excluding carboxylic acids is 1. The van der Waals surface area contributed by atoms with Gasteiger partial charge in [0.2, 0.25) is 11.9 Å². The number of para-hydroxylation sites is 1. The highest BCUT2D eigenvalue weighted by Crippen LogP contribution is 2.40. The van der Waals surface area contributed by atoms with Gasteiger partial charge in [-0.2, -0.15) is 0 Å². The summed E-state index contributed by atoms with van der Waals surface area (Å²) in [7, 11) is 3.12. The predicted molar refractivity (Wildman–Crippen MR) is 140 cm³/mol. The van der Waals surface area contributed by atoms with Gasteiger partial charge in [-0.3, -0.25) is 9.78 Å². The van der Waals surface area contributed by atoms with Gasteiger partial charge in [0.15, 0.2) is 5.82 Å². The summed E-state index contributed by atoms with van der Waals surface area (Å²) in [6.45, 7) is 4.10. The van der Waals surface area contributed by atoms with Crippen LogP contribution >= 0.6 is 0 Å². The lowest BCUT2D eigenvalue weighted by Gasteiger charge is -2.36. The number of amides is 1. The number of ether oxygens (including phenoxy) is 2. The van der Waals surface area contributed by atoms with E-state index in [-0.39, 0.29) is 23.1 Å². The molecular weight excluding hydrogens is 494 g/mol. The van der Waals surface area contributed by atoms with Crippen LogP contribution in [0, 0.1) is 11.6 Å². The van der Waals surface area contributed by atoms with Crippen LogP contribution in [0.4, 0.5) is 26.1 Å². The third-order valence-corrected chi connectivity index (χ3v) is 6.49. The largest absolute Gasteiger partial charge is 0.494 e. The van der Waals surface area contributed by atoms with Crippen LogP contribution in [-0.2, 0) is 4.79 Å².